The summed E-state index contributed by atoms with van der Waals surface area (Å²) in [5, 5.41) is 8.89. The van der Waals surface area contributed by atoms with Gasteiger partial charge >= 0.3 is 6.36 Å². The van der Waals surface area contributed by atoms with Crippen molar-refractivity contribution >= 4 is 28.5 Å². The minimum absolute atomic E-state index is 0.0222. The molecule has 1 saturated carbocycles. The summed E-state index contributed by atoms with van der Waals surface area (Å²) in [5.41, 5.74) is 5.59. The predicted octanol–water partition coefficient (Wildman–Crippen LogP) is 9.47. The van der Waals surface area contributed by atoms with Gasteiger partial charge in [-0.3, -0.25) is 24.7 Å². The normalized spacial score (nSPS) is 28.7. The maximum atomic E-state index is 13.1. The first-order chi connectivity index (χ1) is 24.4. The lowest BCUT2D eigenvalue weighted by molar-refractivity contribution is -0.336. The van der Waals surface area contributed by atoms with Gasteiger partial charge in [0, 0.05) is 42.5 Å². The number of thioether (sulfide) groups is 1. The third-order valence-corrected chi connectivity index (χ3v) is 12.4. The van der Waals surface area contributed by atoms with Crippen LogP contribution in [0.1, 0.15) is 115 Å². The number of allylic oxidation sites excluding steroid dienone is 6. The predicted molar refractivity (Wildman–Crippen MR) is 198 cm³/mol. The molecule has 0 spiro atoms. The van der Waals surface area contributed by atoms with Crippen molar-refractivity contribution in [2.45, 2.75) is 122 Å². The van der Waals surface area contributed by atoms with Crippen LogP contribution in [0.4, 0.5) is 13.2 Å². The van der Waals surface area contributed by atoms with Crippen molar-refractivity contribution in [2.24, 2.45) is 34.7 Å². The van der Waals surface area contributed by atoms with Crippen LogP contribution in [0.15, 0.2) is 71.5 Å². The smallest absolute Gasteiger partial charge is 0.326 e. The Morgan fingerprint density at radius 3 is 2.65 bits per heavy atom. The summed E-state index contributed by atoms with van der Waals surface area (Å²) >= 11 is 1.64. The zero-order chi connectivity index (χ0) is 36.5. The number of ether oxygens (including phenoxy) is 1. The number of pyridine rings is 1. The molecular weight excluding hydrogens is 674 g/mol. The molecule has 0 aromatic carbocycles. The fourth-order valence-electron chi connectivity index (χ4n) is 7.70. The van der Waals surface area contributed by atoms with Crippen molar-refractivity contribution in [2.75, 3.05) is 0 Å². The number of carbonyl (C=O) groups is 2. The average molecular weight is 727 g/mol. The van der Waals surface area contributed by atoms with Crippen LogP contribution < -0.4 is 10.7 Å². The molecule has 1 amide bonds. The van der Waals surface area contributed by atoms with E-state index in [1.54, 1.807) is 17.8 Å². The van der Waals surface area contributed by atoms with Gasteiger partial charge in [-0.1, -0.05) is 100 Å². The number of amides is 1. The van der Waals surface area contributed by atoms with E-state index in [4.69, 9.17) is 4.98 Å². The van der Waals surface area contributed by atoms with E-state index < -0.39 is 12.5 Å². The Kier molecular flexibility index (Phi) is 13.8. The zero-order valence-electron chi connectivity index (χ0n) is 30.2. The van der Waals surface area contributed by atoms with Crippen LogP contribution in [-0.2, 0) is 14.3 Å². The van der Waals surface area contributed by atoms with Gasteiger partial charge in [0.2, 0.25) is 5.91 Å². The van der Waals surface area contributed by atoms with Crippen LogP contribution in [0, 0.1) is 29.6 Å². The first-order valence-electron chi connectivity index (χ1n) is 18.6. The van der Waals surface area contributed by atoms with Gasteiger partial charge in [0.25, 0.3) is 0 Å². The van der Waals surface area contributed by atoms with Gasteiger partial charge < -0.3 is 5.32 Å². The number of alkyl halides is 3. The van der Waals surface area contributed by atoms with Crippen molar-refractivity contribution in [3.05, 3.63) is 77.7 Å². The highest BCUT2D eigenvalue weighted by molar-refractivity contribution is 8.14. The summed E-state index contributed by atoms with van der Waals surface area (Å²) in [7, 11) is 0. The van der Waals surface area contributed by atoms with E-state index in [1.807, 2.05) is 26.1 Å². The van der Waals surface area contributed by atoms with E-state index in [2.05, 4.69) is 64.8 Å². The molecule has 0 bridgehead atoms. The van der Waals surface area contributed by atoms with Gasteiger partial charge in [-0.15, -0.1) is 13.2 Å². The lowest BCUT2D eigenvalue weighted by atomic mass is 9.82. The zero-order valence-corrected chi connectivity index (χ0v) is 31.0. The second-order valence-electron chi connectivity index (χ2n) is 14.9. The standard InChI is InChI=1S/C40H53F3N4O3S/c1-25-11-7-5-6-8-13-32(25)23-37(49)45-39-47-46-38(51-39)31-15-10-14-30(17-18-31)28(4)33-19-20-35(44-24-33)26(2)27(3)36(48)22-29-12-9-16-34(21-29)50-40(41,42)43/h5-6,8-9,12-13,16,19-20,24-28,30-32,34,39,47H,7,10-11,14-15,17-18,21-23H2,1-4H3,(H,45,49). The summed E-state index contributed by atoms with van der Waals surface area (Å²) in [5.74, 6) is 1.50. The first-order valence-corrected chi connectivity index (χ1v) is 19.5. The SMILES string of the molecule is CC1CCC=CC=CC1CC(=O)NC1NN=C(C2CCCC(C(C)c3ccc(C(C)C(C)C(=O)CC4=CC=CC(OC(F)(F)F)C4)nc3)CC2)S1. The molecule has 9 atom stereocenters. The minimum Gasteiger partial charge on any atom is -0.326 e. The number of hydrazone groups is 1. The van der Waals surface area contributed by atoms with Crippen molar-refractivity contribution in [1.82, 2.24) is 15.7 Å². The second-order valence-corrected chi connectivity index (χ2v) is 16.0. The number of Topliss-reactive ketones (excluding diaryl/α,β-unsaturated/α-hetero) is 1. The Hall–Kier alpha value is -3.18. The summed E-state index contributed by atoms with van der Waals surface area (Å²) < 4.78 is 42.2. The van der Waals surface area contributed by atoms with Gasteiger partial charge in [0.15, 0.2) is 5.50 Å². The highest BCUT2D eigenvalue weighted by Gasteiger charge is 2.35. The molecule has 9 unspecified atom stereocenters. The fraction of sp³-hybridized carbons (Fsp3) is 0.600. The quantitative estimate of drug-likeness (QED) is 0.209. The van der Waals surface area contributed by atoms with E-state index >= 15 is 0 Å². The molecule has 1 fully saturated rings. The van der Waals surface area contributed by atoms with Crippen LogP contribution in [0.3, 0.4) is 0 Å². The maximum Gasteiger partial charge on any atom is 0.523 e. The number of carbonyl (C=O) groups excluding carboxylic acids is 2. The summed E-state index contributed by atoms with van der Waals surface area (Å²) in [6.07, 6.45) is 17.4. The van der Waals surface area contributed by atoms with Crippen LogP contribution >= 0.6 is 11.8 Å². The van der Waals surface area contributed by atoms with Crippen LogP contribution in [0.5, 0.6) is 0 Å². The lowest BCUT2D eigenvalue weighted by Gasteiger charge is -2.24. The molecule has 1 aliphatic heterocycles. The Morgan fingerprint density at radius 1 is 1.06 bits per heavy atom. The second kappa shape index (κ2) is 18.0. The Morgan fingerprint density at radius 2 is 1.88 bits per heavy atom. The molecule has 1 aromatic heterocycles. The molecule has 0 radical (unpaired) electrons. The molecule has 3 aliphatic carbocycles. The summed E-state index contributed by atoms with van der Waals surface area (Å²) in [6, 6.07) is 4.15. The van der Waals surface area contributed by atoms with E-state index in [0.29, 0.717) is 35.7 Å². The molecule has 5 rings (SSSR count). The number of aromatic nitrogens is 1. The first kappa shape index (κ1) is 39.0. The van der Waals surface area contributed by atoms with Gasteiger partial charge in [-0.25, -0.2) is 0 Å². The highest BCUT2D eigenvalue weighted by atomic mass is 32.2. The van der Waals surface area contributed by atoms with Crippen molar-refractivity contribution in [3.63, 3.8) is 0 Å². The van der Waals surface area contributed by atoms with Gasteiger partial charge in [-0.05, 0) is 80.2 Å². The molecule has 1 aromatic rings. The van der Waals surface area contributed by atoms with E-state index in [-0.39, 0.29) is 47.8 Å². The van der Waals surface area contributed by atoms with E-state index in [9.17, 15) is 22.8 Å². The van der Waals surface area contributed by atoms with Crippen molar-refractivity contribution < 1.29 is 27.5 Å². The van der Waals surface area contributed by atoms with Gasteiger partial charge in [0.05, 0.1) is 6.10 Å². The minimum atomic E-state index is -4.71. The topological polar surface area (TPSA) is 92.7 Å². The molecule has 7 nitrogen and oxygen atoms in total. The van der Waals surface area contributed by atoms with Gasteiger partial charge in [0.1, 0.15) is 10.8 Å². The van der Waals surface area contributed by atoms with Crippen LogP contribution in [0.2, 0.25) is 0 Å². The fourth-order valence-corrected chi connectivity index (χ4v) is 8.77. The number of hydrogen-bond donors (Lipinski definition) is 2. The molecule has 11 heteroatoms. The number of rotatable bonds is 12. The molecular formula is C40H53F3N4O3S. The summed E-state index contributed by atoms with van der Waals surface area (Å²) in [4.78, 5) is 30.8. The number of nitrogens with one attached hydrogen (secondary N) is 2. The van der Waals surface area contributed by atoms with E-state index in [1.165, 1.54) is 17.7 Å². The van der Waals surface area contributed by atoms with Gasteiger partial charge in [-0.2, -0.15) is 5.10 Å². The monoisotopic (exact) mass is 726 g/mol. The van der Waals surface area contributed by atoms with Crippen LogP contribution in [0.25, 0.3) is 0 Å². The molecule has 2 N–H and O–H groups in total. The van der Waals surface area contributed by atoms with Crippen molar-refractivity contribution in [1.29, 1.82) is 0 Å². The van der Waals surface area contributed by atoms with Crippen molar-refractivity contribution in [3.8, 4) is 0 Å². The third-order valence-electron chi connectivity index (χ3n) is 11.3. The number of nitrogens with zero attached hydrogens (tertiary/aromatic N) is 2. The molecule has 278 valence electrons. The highest BCUT2D eigenvalue weighted by Crippen LogP contribution is 2.40. The molecule has 0 saturated heterocycles. The Labute approximate surface area is 305 Å². The molecule has 2 heterocycles. The third kappa shape index (κ3) is 11.4. The number of hydrogen-bond acceptors (Lipinski definition) is 7. The largest absolute Gasteiger partial charge is 0.523 e. The molecule has 4 aliphatic rings. The summed E-state index contributed by atoms with van der Waals surface area (Å²) in [6.45, 7) is 8.34. The Bertz CT molecular complexity index is 1500. The number of halogens is 3. The maximum absolute atomic E-state index is 13.1. The number of ketones is 1. The lowest BCUT2D eigenvalue weighted by Crippen LogP contribution is -2.39. The molecule has 51 heavy (non-hydrogen) atoms. The Balaban J connectivity index is 1.07. The average Bonchev–Trinajstić information content (AvgIpc) is 3.40. The van der Waals surface area contributed by atoms with E-state index in [0.717, 1.165) is 55.7 Å². The van der Waals surface area contributed by atoms with Crippen LogP contribution in [-0.4, -0.2) is 39.7 Å².